The van der Waals surface area contributed by atoms with Crippen LogP contribution in [-0.2, 0) is 12.4 Å². The molecule has 14 aromatic carbocycles. The molecule has 6 nitrogen and oxygen atoms in total. The van der Waals surface area contributed by atoms with E-state index in [2.05, 4.69) is 218 Å². The molecule has 0 bridgehead atoms. The molecule has 12 heteroatoms. The summed E-state index contributed by atoms with van der Waals surface area (Å²) < 4.78 is 98.0. The summed E-state index contributed by atoms with van der Waals surface area (Å²) in [6, 6.07) is 103. The van der Waals surface area contributed by atoms with Crippen LogP contribution in [0.2, 0.25) is 0 Å². The molecule has 0 saturated carbocycles. The summed E-state index contributed by atoms with van der Waals surface area (Å²) in [7, 11) is 0. The SMILES string of the molecule is FC(F)(F)c1cc(-c2cc(-c3cc(-n4c5ccccc5c5cc(-c6ccc7c(c6)c6ccccc6n7-c6ccccc6)ccc54)cc(-n4c5ccccc5c5cc(-c6ccc7c(c6)c6ccccc6n7-c6ccccc6)ccc54)c3)nc(-c3ccc4ccccc4c3)n2)cc(C(F)(F)F)c1. The smallest absolute Gasteiger partial charge is 0.309 e. The maximum atomic E-state index is 14.8. The molecule has 19 aromatic rings. The highest BCUT2D eigenvalue weighted by Gasteiger charge is 2.37. The number of alkyl halides is 6. The fourth-order valence-corrected chi connectivity index (χ4v) is 15.2. The molecule has 100 heavy (non-hydrogen) atoms. The van der Waals surface area contributed by atoms with Crippen molar-refractivity contribution in [3.63, 3.8) is 0 Å². The van der Waals surface area contributed by atoms with Crippen molar-refractivity contribution in [2.24, 2.45) is 0 Å². The molecule has 0 aliphatic rings. The first-order chi connectivity index (χ1) is 48.8. The molecule has 5 heterocycles. The van der Waals surface area contributed by atoms with Gasteiger partial charge in [-0.2, -0.15) is 26.3 Å². The van der Waals surface area contributed by atoms with Gasteiger partial charge in [-0.1, -0.05) is 170 Å². The van der Waals surface area contributed by atoms with Crippen LogP contribution in [0.3, 0.4) is 0 Å². The Morgan fingerprint density at radius 3 is 0.920 bits per heavy atom. The zero-order valence-corrected chi connectivity index (χ0v) is 53.0. The highest BCUT2D eigenvalue weighted by molar-refractivity contribution is 6.15. The monoisotopic (exact) mass is 1310 g/mol. The number of hydrogen-bond acceptors (Lipinski definition) is 2. The van der Waals surface area contributed by atoms with Crippen molar-refractivity contribution in [1.29, 1.82) is 0 Å². The lowest BCUT2D eigenvalue weighted by atomic mass is 10.00. The standard InChI is InChI=1S/C88H52F6N6/c89-87(90,91)62-42-60(43-63(50-62)88(92,93)94)76-52-77(96-86(95-76)59-32-31-53-17-7-8-18-54(53)41-59)61-44-66(99-80-29-15-11-25-70(80)74-48-57(35-39-84(74)99)55-33-37-82-72(46-55)68-23-9-13-27-78(68)97(82)64-19-3-1-4-20-64)51-67(45-61)100-81-30-16-12-26-71(81)75-49-58(36-40-85(75)100)56-34-38-83-73(47-56)69-24-10-14-28-79(69)98(83)65-21-5-2-6-22-65/h1-52H. The third kappa shape index (κ3) is 9.57. The number of fused-ring (bicyclic) bond motifs is 13. The first kappa shape index (κ1) is 58.5. The van der Waals surface area contributed by atoms with E-state index in [1.807, 2.05) is 91.0 Å². The highest BCUT2D eigenvalue weighted by Crippen LogP contribution is 2.45. The minimum absolute atomic E-state index is 0.107. The van der Waals surface area contributed by atoms with Crippen molar-refractivity contribution in [3.8, 4) is 78.9 Å². The Bertz CT molecular complexity index is 6250. The lowest BCUT2D eigenvalue weighted by Crippen LogP contribution is -2.11. The van der Waals surface area contributed by atoms with Gasteiger partial charge >= 0.3 is 12.4 Å². The second-order valence-corrected chi connectivity index (χ2v) is 25.6. The molecule has 0 spiro atoms. The lowest BCUT2D eigenvalue weighted by Gasteiger charge is -2.17. The van der Waals surface area contributed by atoms with Gasteiger partial charge in [0.25, 0.3) is 0 Å². The van der Waals surface area contributed by atoms with Crippen LogP contribution in [0.25, 0.3) is 177 Å². The average Bonchev–Trinajstić information content (AvgIpc) is 1.57. The Labute approximate surface area is 567 Å². The lowest BCUT2D eigenvalue weighted by molar-refractivity contribution is -0.143. The number of aromatic nitrogens is 6. The van der Waals surface area contributed by atoms with Crippen molar-refractivity contribution < 1.29 is 26.3 Å². The van der Waals surface area contributed by atoms with E-state index >= 15 is 0 Å². The predicted molar refractivity (Wildman–Crippen MR) is 394 cm³/mol. The molecule has 476 valence electrons. The van der Waals surface area contributed by atoms with Crippen LogP contribution in [0, 0.1) is 0 Å². The number of rotatable bonds is 9. The Morgan fingerprint density at radius 1 is 0.210 bits per heavy atom. The quantitative estimate of drug-likeness (QED) is 0.135. The van der Waals surface area contributed by atoms with Crippen molar-refractivity contribution in [1.82, 2.24) is 28.2 Å². The topological polar surface area (TPSA) is 45.5 Å². The Morgan fingerprint density at radius 2 is 0.530 bits per heavy atom. The van der Waals surface area contributed by atoms with Crippen LogP contribution in [-0.4, -0.2) is 28.2 Å². The van der Waals surface area contributed by atoms with Crippen molar-refractivity contribution in [2.45, 2.75) is 12.4 Å². The largest absolute Gasteiger partial charge is 0.416 e. The molecule has 5 aromatic heterocycles. The van der Waals surface area contributed by atoms with E-state index < -0.39 is 23.5 Å². The minimum Gasteiger partial charge on any atom is -0.309 e. The van der Waals surface area contributed by atoms with E-state index in [-0.39, 0.29) is 28.8 Å². The Kier molecular flexibility index (Phi) is 13.1. The highest BCUT2D eigenvalue weighted by atomic mass is 19.4. The van der Waals surface area contributed by atoms with E-state index in [4.69, 9.17) is 9.97 Å². The summed E-state index contributed by atoms with van der Waals surface area (Å²) in [4.78, 5) is 10.1. The van der Waals surface area contributed by atoms with Gasteiger partial charge in [0, 0.05) is 82.5 Å². The number of halogens is 6. The first-order valence-corrected chi connectivity index (χ1v) is 32.9. The second kappa shape index (κ2) is 22.4. The molecular weight excluding hydrogens is 1250 g/mol. The van der Waals surface area contributed by atoms with Crippen molar-refractivity contribution in [3.05, 3.63) is 327 Å². The number of nitrogens with zero attached hydrogens (tertiary/aromatic N) is 6. The summed E-state index contributed by atoms with van der Waals surface area (Å²) in [6.07, 6.45) is -10.2. The van der Waals surface area contributed by atoms with E-state index in [0.717, 1.165) is 155 Å². The van der Waals surface area contributed by atoms with E-state index in [1.165, 1.54) is 6.07 Å². The van der Waals surface area contributed by atoms with Crippen LogP contribution < -0.4 is 0 Å². The molecule has 19 rings (SSSR count). The molecule has 0 N–H and O–H groups in total. The molecule has 0 radical (unpaired) electrons. The maximum Gasteiger partial charge on any atom is 0.416 e. The van der Waals surface area contributed by atoms with Crippen LogP contribution in [0.15, 0.2) is 315 Å². The van der Waals surface area contributed by atoms with Gasteiger partial charge in [0.05, 0.1) is 66.6 Å². The zero-order chi connectivity index (χ0) is 67.1. The van der Waals surface area contributed by atoms with Gasteiger partial charge in [0.2, 0.25) is 0 Å². The Hall–Kier alpha value is -12.8. The third-order valence-electron chi connectivity index (χ3n) is 19.7. The number of benzene rings is 14. The van der Waals surface area contributed by atoms with Crippen LogP contribution in [0.4, 0.5) is 26.3 Å². The van der Waals surface area contributed by atoms with Gasteiger partial charge in [-0.15, -0.1) is 0 Å². The molecule has 0 aliphatic carbocycles. The third-order valence-corrected chi connectivity index (χ3v) is 19.7. The molecular formula is C88H52F6N6. The average molecular weight is 1310 g/mol. The summed E-state index contributed by atoms with van der Waals surface area (Å²) in [6.45, 7) is 0. The Balaban J connectivity index is 0.838. The summed E-state index contributed by atoms with van der Waals surface area (Å²) in [5, 5.41) is 10.3. The van der Waals surface area contributed by atoms with Crippen molar-refractivity contribution >= 4 is 98.0 Å². The van der Waals surface area contributed by atoms with Crippen molar-refractivity contribution in [2.75, 3.05) is 0 Å². The molecule has 0 atom stereocenters. The fraction of sp³-hybridized carbons (Fsp3) is 0.0227. The molecule has 0 aliphatic heterocycles. The predicted octanol–water partition coefficient (Wildman–Crippen LogP) is 24.4. The second-order valence-electron chi connectivity index (χ2n) is 25.6. The molecule has 0 fully saturated rings. The molecule has 0 amide bonds. The van der Waals surface area contributed by atoms with E-state index in [1.54, 1.807) is 0 Å². The normalized spacial score (nSPS) is 12.3. The van der Waals surface area contributed by atoms with Gasteiger partial charge in [0.1, 0.15) is 0 Å². The van der Waals surface area contributed by atoms with Gasteiger partial charge in [0.15, 0.2) is 5.82 Å². The minimum atomic E-state index is -5.11. The van der Waals surface area contributed by atoms with Crippen LogP contribution in [0.5, 0.6) is 0 Å². The van der Waals surface area contributed by atoms with Gasteiger partial charge in [-0.05, 0) is 179 Å². The van der Waals surface area contributed by atoms with Crippen LogP contribution in [0.1, 0.15) is 11.1 Å². The van der Waals surface area contributed by atoms with Gasteiger partial charge in [-0.3, -0.25) is 0 Å². The first-order valence-electron chi connectivity index (χ1n) is 32.9. The summed E-state index contributed by atoms with van der Waals surface area (Å²) >= 11 is 0. The fourth-order valence-electron chi connectivity index (χ4n) is 15.2. The number of hydrogen-bond donors (Lipinski definition) is 0. The van der Waals surface area contributed by atoms with Gasteiger partial charge in [-0.25, -0.2) is 9.97 Å². The summed E-state index contributed by atoms with van der Waals surface area (Å²) in [5.41, 5.74) is 13.6. The number of para-hydroxylation sites is 6. The van der Waals surface area contributed by atoms with Gasteiger partial charge < -0.3 is 18.3 Å². The van der Waals surface area contributed by atoms with Crippen LogP contribution >= 0.6 is 0 Å². The maximum absolute atomic E-state index is 14.8. The van der Waals surface area contributed by atoms with E-state index in [9.17, 15) is 26.3 Å². The molecule has 0 saturated heterocycles. The zero-order valence-electron chi connectivity index (χ0n) is 53.0. The molecule has 0 unspecified atom stereocenters. The van der Waals surface area contributed by atoms with E-state index in [0.29, 0.717) is 11.1 Å². The summed E-state index contributed by atoms with van der Waals surface area (Å²) in [5.74, 6) is 0.107.